The third-order valence-electron chi connectivity index (χ3n) is 5.24. The first-order valence-corrected chi connectivity index (χ1v) is 10.1. The number of nitrogens with one attached hydrogen (secondary N) is 2. The van der Waals surface area contributed by atoms with Crippen LogP contribution in [0.2, 0.25) is 0 Å². The Morgan fingerprint density at radius 1 is 0.933 bits per heavy atom. The molecule has 4 N–H and O–H groups in total. The van der Waals surface area contributed by atoms with Gasteiger partial charge in [-0.1, -0.05) is 24.3 Å². The van der Waals surface area contributed by atoms with E-state index in [4.69, 9.17) is 10.7 Å². The van der Waals surface area contributed by atoms with E-state index in [1.807, 2.05) is 42.6 Å². The van der Waals surface area contributed by atoms with Gasteiger partial charge in [-0.25, -0.2) is 15.0 Å². The number of aromatic nitrogens is 3. The van der Waals surface area contributed by atoms with E-state index < -0.39 is 0 Å². The van der Waals surface area contributed by atoms with E-state index in [2.05, 4.69) is 43.7 Å². The molecule has 1 aliphatic heterocycles. The second kappa shape index (κ2) is 7.96. The van der Waals surface area contributed by atoms with Crippen LogP contribution < -0.4 is 21.3 Å². The lowest BCUT2D eigenvalue weighted by atomic mass is 10.0. The van der Waals surface area contributed by atoms with Gasteiger partial charge < -0.3 is 21.3 Å². The maximum Gasteiger partial charge on any atom is 0.132 e. The number of fused-ring (bicyclic) bond motifs is 1. The summed E-state index contributed by atoms with van der Waals surface area (Å²) in [7, 11) is 0. The Hall–Kier alpha value is -3.71. The van der Waals surface area contributed by atoms with Crippen LogP contribution in [0.4, 0.5) is 23.1 Å². The van der Waals surface area contributed by atoms with Crippen LogP contribution in [0, 0.1) is 0 Å². The van der Waals surface area contributed by atoms with Crippen LogP contribution in [0.1, 0.15) is 0 Å². The van der Waals surface area contributed by atoms with Crippen molar-refractivity contribution in [3.05, 3.63) is 67.0 Å². The molecule has 0 aliphatic carbocycles. The largest absolute Gasteiger partial charge is 0.397 e. The first-order chi connectivity index (χ1) is 14.8. The smallest absolute Gasteiger partial charge is 0.132 e. The van der Waals surface area contributed by atoms with Gasteiger partial charge in [0.15, 0.2) is 0 Å². The van der Waals surface area contributed by atoms with Crippen molar-refractivity contribution in [1.82, 2.24) is 20.3 Å². The van der Waals surface area contributed by atoms with Crippen molar-refractivity contribution < 1.29 is 0 Å². The summed E-state index contributed by atoms with van der Waals surface area (Å²) < 4.78 is 0. The van der Waals surface area contributed by atoms with Gasteiger partial charge in [0.2, 0.25) is 0 Å². The molecule has 0 unspecified atom stereocenters. The number of rotatable bonds is 4. The van der Waals surface area contributed by atoms with Crippen LogP contribution >= 0.6 is 0 Å². The number of nitrogen functional groups attached to an aromatic ring is 1. The van der Waals surface area contributed by atoms with E-state index in [1.165, 1.54) is 0 Å². The Labute approximate surface area is 175 Å². The van der Waals surface area contributed by atoms with Gasteiger partial charge in [-0.15, -0.1) is 0 Å². The number of nitrogens with zero attached hydrogens (tertiary/aromatic N) is 4. The molecular weight excluding hydrogens is 374 g/mol. The lowest BCUT2D eigenvalue weighted by molar-refractivity contribution is 0.585. The van der Waals surface area contributed by atoms with E-state index in [-0.39, 0.29) is 0 Å². The van der Waals surface area contributed by atoms with E-state index >= 15 is 0 Å². The standard InChI is InChI=1S/C23H23N7/c24-18-5-6-20(27-15-18)28-21-13-16-3-1-2-4-19(16)23(29-21)17-7-8-26-22(14-17)30-11-9-25-10-12-30/h1-8,13-15,25H,9-12,24H2,(H,27,28,29). The zero-order valence-electron chi connectivity index (χ0n) is 16.5. The number of nitrogens with two attached hydrogens (primary N) is 1. The van der Waals surface area contributed by atoms with Gasteiger partial charge >= 0.3 is 0 Å². The van der Waals surface area contributed by atoms with Crippen molar-refractivity contribution in [3.63, 3.8) is 0 Å². The zero-order valence-corrected chi connectivity index (χ0v) is 16.5. The number of hydrogen-bond donors (Lipinski definition) is 3. The van der Waals surface area contributed by atoms with Crippen molar-refractivity contribution in [1.29, 1.82) is 0 Å². The van der Waals surface area contributed by atoms with E-state index in [1.54, 1.807) is 6.20 Å². The number of hydrogen-bond acceptors (Lipinski definition) is 7. The van der Waals surface area contributed by atoms with Gasteiger partial charge in [-0.3, -0.25) is 0 Å². The minimum atomic E-state index is 0.630. The van der Waals surface area contributed by atoms with Gasteiger partial charge in [0.1, 0.15) is 17.5 Å². The van der Waals surface area contributed by atoms with Crippen LogP contribution in [0.3, 0.4) is 0 Å². The molecular formula is C23H23N7. The molecule has 1 aliphatic rings. The van der Waals surface area contributed by atoms with Crippen molar-refractivity contribution in [2.45, 2.75) is 0 Å². The molecule has 0 saturated carbocycles. The van der Waals surface area contributed by atoms with E-state index in [0.717, 1.165) is 59.8 Å². The molecule has 30 heavy (non-hydrogen) atoms. The topological polar surface area (TPSA) is 92.0 Å². The molecule has 0 atom stereocenters. The zero-order chi connectivity index (χ0) is 20.3. The SMILES string of the molecule is Nc1ccc(Nc2cc3ccccc3c(-c3ccnc(N4CCNCC4)c3)n2)nc1. The number of benzene rings is 1. The molecule has 7 nitrogen and oxygen atoms in total. The van der Waals surface area contributed by atoms with Crippen LogP contribution in [0.25, 0.3) is 22.0 Å². The van der Waals surface area contributed by atoms with Gasteiger partial charge in [0.05, 0.1) is 17.6 Å². The highest BCUT2D eigenvalue weighted by molar-refractivity contribution is 5.96. The highest BCUT2D eigenvalue weighted by Gasteiger charge is 2.14. The summed E-state index contributed by atoms with van der Waals surface area (Å²) in [5.41, 5.74) is 8.35. The normalized spacial score (nSPS) is 14.1. The molecule has 1 saturated heterocycles. The summed E-state index contributed by atoms with van der Waals surface area (Å²) in [6.45, 7) is 3.85. The predicted octanol–water partition coefficient (Wildman–Crippen LogP) is 3.43. The van der Waals surface area contributed by atoms with E-state index in [9.17, 15) is 0 Å². The molecule has 0 spiro atoms. The molecule has 4 heterocycles. The molecule has 3 aromatic heterocycles. The van der Waals surface area contributed by atoms with Crippen molar-refractivity contribution in [3.8, 4) is 11.3 Å². The Morgan fingerprint density at radius 2 is 1.80 bits per heavy atom. The molecule has 0 radical (unpaired) electrons. The van der Waals surface area contributed by atoms with Gasteiger partial charge in [0, 0.05) is 43.3 Å². The summed E-state index contributed by atoms with van der Waals surface area (Å²) in [5, 5.41) is 8.90. The third-order valence-corrected chi connectivity index (χ3v) is 5.24. The lowest BCUT2D eigenvalue weighted by Crippen LogP contribution is -2.43. The first-order valence-electron chi connectivity index (χ1n) is 10.1. The number of piperazine rings is 1. The van der Waals surface area contributed by atoms with Crippen LogP contribution in [-0.4, -0.2) is 41.1 Å². The average Bonchev–Trinajstić information content (AvgIpc) is 2.81. The van der Waals surface area contributed by atoms with Crippen LogP contribution in [0.15, 0.2) is 67.0 Å². The van der Waals surface area contributed by atoms with E-state index in [0.29, 0.717) is 11.5 Å². The molecule has 4 aromatic rings. The fourth-order valence-electron chi connectivity index (χ4n) is 3.73. The van der Waals surface area contributed by atoms with Gasteiger partial charge in [0.25, 0.3) is 0 Å². The molecule has 7 heteroatoms. The summed E-state index contributed by atoms with van der Waals surface area (Å²) in [5.74, 6) is 2.43. The molecule has 5 rings (SSSR count). The second-order valence-electron chi connectivity index (χ2n) is 7.32. The van der Waals surface area contributed by atoms with Crippen LogP contribution in [-0.2, 0) is 0 Å². The summed E-state index contributed by atoms with van der Waals surface area (Å²) in [6, 6.07) is 18.1. The minimum absolute atomic E-state index is 0.630. The van der Waals surface area contributed by atoms with Crippen LogP contribution in [0.5, 0.6) is 0 Å². The summed E-state index contributed by atoms with van der Waals surface area (Å²) in [6.07, 6.45) is 3.50. The van der Waals surface area contributed by atoms with Crippen molar-refractivity contribution in [2.24, 2.45) is 0 Å². The second-order valence-corrected chi connectivity index (χ2v) is 7.32. The number of anilines is 4. The molecule has 1 fully saturated rings. The quantitative estimate of drug-likeness (QED) is 0.486. The Bertz CT molecular complexity index is 1170. The fraction of sp³-hybridized carbons (Fsp3) is 0.174. The van der Waals surface area contributed by atoms with Crippen molar-refractivity contribution >= 4 is 33.9 Å². The highest BCUT2D eigenvalue weighted by Crippen LogP contribution is 2.31. The highest BCUT2D eigenvalue weighted by atomic mass is 15.2. The van der Waals surface area contributed by atoms with Gasteiger partial charge in [-0.2, -0.15) is 0 Å². The lowest BCUT2D eigenvalue weighted by Gasteiger charge is -2.28. The Morgan fingerprint density at radius 3 is 2.63 bits per heavy atom. The number of pyridine rings is 3. The van der Waals surface area contributed by atoms with Gasteiger partial charge in [-0.05, 0) is 35.7 Å². The monoisotopic (exact) mass is 397 g/mol. The minimum Gasteiger partial charge on any atom is -0.397 e. The summed E-state index contributed by atoms with van der Waals surface area (Å²) in [4.78, 5) is 16.2. The first kappa shape index (κ1) is 18.3. The fourth-order valence-corrected chi connectivity index (χ4v) is 3.73. The average molecular weight is 397 g/mol. The maximum atomic E-state index is 5.75. The molecule has 0 amide bonds. The predicted molar refractivity (Wildman–Crippen MR) is 122 cm³/mol. The molecule has 1 aromatic carbocycles. The summed E-state index contributed by atoms with van der Waals surface area (Å²) >= 11 is 0. The Balaban J connectivity index is 1.57. The third kappa shape index (κ3) is 3.75. The maximum absolute atomic E-state index is 5.75. The molecule has 0 bridgehead atoms. The molecule has 150 valence electrons. The Kier molecular flexibility index (Phi) is 4.86. The van der Waals surface area contributed by atoms with Crippen molar-refractivity contribution in [2.75, 3.05) is 42.1 Å².